The third kappa shape index (κ3) is 3.51. The summed E-state index contributed by atoms with van der Waals surface area (Å²) in [7, 11) is 0. The van der Waals surface area contributed by atoms with Crippen LogP contribution in [-0.4, -0.2) is 39.5 Å². The van der Waals surface area contributed by atoms with Crippen LogP contribution in [0.2, 0.25) is 0 Å². The predicted molar refractivity (Wildman–Crippen MR) is 97.4 cm³/mol. The Balaban J connectivity index is 1.43. The van der Waals surface area contributed by atoms with Crippen molar-refractivity contribution in [2.75, 3.05) is 30.3 Å². The lowest BCUT2D eigenvalue weighted by molar-refractivity contribution is 0.241. The van der Waals surface area contributed by atoms with Crippen LogP contribution in [0, 0.1) is 0 Å². The Morgan fingerprint density at radius 2 is 2.00 bits per heavy atom. The average molecular weight is 340 g/mol. The maximum absolute atomic E-state index is 12.1. The third-order valence-electron chi connectivity index (χ3n) is 5.06. The first-order chi connectivity index (χ1) is 12.2. The van der Waals surface area contributed by atoms with Gasteiger partial charge < -0.3 is 10.6 Å². The Morgan fingerprint density at radius 3 is 2.76 bits per heavy atom. The number of nitrogens with one attached hydrogen (secondary N) is 1. The summed E-state index contributed by atoms with van der Waals surface area (Å²) in [4.78, 5) is 28.2. The van der Waals surface area contributed by atoms with Crippen molar-refractivity contribution in [3.63, 3.8) is 0 Å². The molecule has 4 rings (SSSR count). The first-order valence-electron chi connectivity index (χ1n) is 8.99. The zero-order chi connectivity index (χ0) is 17.2. The van der Waals surface area contributed by atoms with Crippen molar-refractivity contribution in [1.82, 2.24) is 19.9 Å². The van der Waals surface area contributed by atoms with Crippen LogP contribution in [0.3, 0.4) is 0 Å². The predicted octanol–water partition coefficient (Wildman–Crippen LogP) is 1.30. The van der Waals surface area contributed by atoms with Crippen molar-refractivity contribution in [2.24, 2.45) is 0 Å². The molecule has 0 amide bonds. The van der Waals surface area contributed by atoms with E-state index in [4.69, 9.17) is 5.73 Å². The molecular weight excluding hydrogens is 316 g/mol. The summed E-state index contributed by atoms with van der Waals surface area (Å²) in [6.07, 6.45) is 6.55. The molecule has 2 aromatic heterocycles. The number of hydrogen-bond acceptors (Lipinski definition) is 6. The first-order valence-corrected chi connectivity index (χ1v) is 8.99. The lowest BCUT2D eigenvalue weighted by Gasteiger charge is -2.29. The summed E-state index contributed by atoms with van der Waals surface area (Å²) in [5, 5.41) is 0. The number of nitrogens with zero attached hydrogens (tertiary/aromatic N) is 4. The first kappa shape index (κ1) is 16.1. The van der Waals surface area contributed by atoms with E-state index in [0.717, 1.165) is 49.7 Å². The van der Waals surface area contributed by atoms with Crippen LogP contribution in [-0.2, 0) is 19.5 Å². The van der Waals surface area contributed by atoms with Gasteiger partial charge in [-0.1, -0.05) is 6.07 Å². The van der Waals surface area contributed by atoms with E-state index in [2.05, 4.69) is 36.9 Å². The molecule has 0 aromatic carbocycles. The summed E-state index contributed by atoms with van der Waals surface area (Å²) in [6, 6.07) is 4.27. The SMILES string of the molecule is Nc1nc2c(c(=O)[nH]1)CN(Cc1ccc(N3CCCCC3)nc1)CC2. The van der Waals surface area contributed by atoms with E-state index < -0.39 is 0 Å². The van der Waals surface area contributed by atoms with E-state index in [-0.39, 0.29) is 11.5 Å². The van der Waals surface area contributed by atoms with Crippen molar-refractivity contribution in [3.05, 3.63) is 45.5 Å². The van der Waals surface area contributed by atoms with E-state index in [0.29, 0.717) is 6.54 Å². The van der Waals surface area contributed by atoms with Gasteiger partial charge >= 0.3 is 0 Å². The molecule has 0 atom stereocenters. The van der Waals surface area contributed by atoms with Crippen molar-refractivity contribution in [2.45, 2.75) is 38.8 Å². The van der Waals surface area contributed by atoms with Gasteiger partial charge in [0.05, 0.1) is 11.3 Å². The molecule has 7 nitrogen and oxygen atoms in total. The highest BCUT2D eigenvalue weighted by Gasteiger charge is 2.21. The molecule has 1 fully saturated rings. The zero-order valence-corrected chi connectivity index (χ0v) is 14.4. The quantitative estimate of drug-likeness (QED) is 0.875. The molecule has 0 aliphatic carbocycles. The van der Waals surface area contributed by atoms with Crippen LogP contribution in [0.4, 0.5) is 11.8 Å². The van der Waals surface area contributed by atoms with Crippen molar-refractivity contribution in [3.8, 4) is 0 Å². The number of piperidine rings is 1. The molecule has 25 heavy (non-hydrogen) atoms. The fourth-order valence-electron chi connectivity index (χ4n) is 3.71. The monoisotopic (exact) mass is 340 g/mol. The van der Waals surface area contributed by atoms with Gasteiger partial charge in [0.15, 0.2) is 0 Å². The van der Waals surface area contributed by atoms with E-state index in [1.807, 2.05) is 6.20 Å². The van der Waals surface area contributed by atoms with E-state index in [1.165, 1.54) is 24.8 Å². The molecule has 3 N–H and O–H groups in total. The van der Waals surface area contributed by atoms with Gasteiger partial charge in [-0.2, -0.15) is 0 Å². The lowest BCUT2D eigenvalue weighted by Crippen LogP contribution is -2.35. The van der Waals surface area contributed by atoms with Gasteiger partial charge in [-0.25, -0.2) is 9.97 Å². The van der Waals surface area contributed by atoms with Crippen molar-refractivity contribution in [1.29, 1.82) is 0 Å². The highest BCUT2D eigenvalue weighted by Crippen LogP contribution is 2.20. The van der Waals surface area contributed by atoms with Crippen LogP contribution in [0.15, 0.2) is 23.1 Å². The van der Waals surface area contributed by atoms with Crippen LogP contribution in [0.25, 0.3) is 0 Å². The minimum Gasteiger partial charge on any atom is -0.369 e. The second kappa shape index (κ2) is 6.84. The van der Waals surface area contributed by atoms with Crippen molar-refractivity contribution >= 4 is 11.8 Å². The second-order valence-corrected chi connectivity index (χ2v) is 6.91. The molecule has 7 heteroatoms. The number of pyridine rings is 1. The number of aromatic amines is 1. The summed E-state index contributed by atoms with van der Waals surface area (Å²) in [5.41, 5.74) is 8.24. The fourth-order valence-corrected chi connectivity index (χ4v) is 3.71. The van der Waals surface area contributed by atoms with Crippen molar-refractivity contribution < 1.29 is 0 Å². The Morgan fingerprint density at radius 1 is 1.16 bits per heavy atom. The highest BCUT2D eigenvalue weighted by molar-refractivity contribution is 5.39. The normalized spacial score (nSPS) is 18.2. The topological polar surface area (TPSA) is 91.1 Å². The maximum Gasteiger partial charge on any atom is 0.257 e. The highest BCUT2D eigenvalue weighted by atomic mass is 16.1. The number of fused-ring (bicyclic) bond motifs is 1. The summed E-state index contributed by atoms with van der Waals surface area (Å²) >= 11 is 0. The number of anilines is 2. The fraction of sp³-hybridized carbons (Fsp3) is 0.500. The molecule has 2 aromatic rings. The number of nitrogen functional groups attached to an aromatic ring is 1. The molecule has 0 spiro atoms. The molecule has 0 unspecified atom stereocenters. The van der Waals surface area contributed by atoms with E-state index in [1.54, 1.807) is 0 Å². The van der Waals surface area contributed by atoms with E-state index >= 15 is 0 Å². The molecular formula is C18H24N6O. The molecule has 0 saturated carbocycles. The van der Waals surface area contributed by atoms with Crippen LogP contribution in [0.5, 0.6) is 0 Å². The van der Waals surface area contributed by atoms with Crippen LogP contribution < -0.4 is 16.2 Å². The summed E-state index contributed by atoms with van der Waals surface area (Å²) in [5.74, 6) is 1.28. The van der Waals surface area contributed by atoms with Gasteiger partial charge in [-0.05, 0) is 30.9 Å². The number of nitrogens with two attached hydrogens (primary N) is 1. The average Bonchev–Trinajstić information content (AvgIpc) is 2.63. The second-order valence-electron chi connectivity index (χ2n) is 6.91. The molecule has 0 radical (unpaired) electrons. The maximum atomic E-state index is 12.1. The summed E-state index contributed by atoms with van der Waals surface area (Å²) in [6.45, 7) is 4.47. The van der Waals surface area contributed by atoms with E-state index in [9.17, 15) is 4.79 Å². The largest absolute Gasteiger partial charge is 0.369 e. The Hall–Kier alpha value is -2.41. The Kier molecular flexibility index (Phi) is 4.40. The zero-order valence-electron chi connectivity index (χ0n) is 14.4. The minimum atomic E-state index is -0.120. The number of aromatic nitrogens is 3. The van der Waals surface area contributed by atoms with Gasteiger partial charge in [-0.3, -0.25) is 14.7 Å². The van der Waals surface area contributed by atoms with Gasteiger partial charge in [0.1, 0.15) is 5.82 Å². The third-order valence-corrected chi connectivity index (χ3v) is 5.06. The molecule has 2 aliphatic rings. The number of rotatable bonds is 3. The Bertz CT molecular complexity index is 794. The van der Waals surface area contributed by atoms with Gasteiger partial charge in [0.25, 0.3) is 5.56 Å². The lowest BCUT2D eigenvalue weighted by atomic mass is 10.1. The minimum absolute atomic E-state index is 0.120. The summed E-state index contributed by atoms with van der Waals surface area (Å²) < 4.78 is 0. The Labute approximate surface area is 146 Å². The smallest absolute Gasteiger partial charge is 0.257 e. The number of H-pyrrole nitrogens is 1. The standard InChI is InChI=1S/C18H24N6O/c19-18-21-15-6-9-23(12-14(15)17(25)22-18)11-13-4-5-16(20-10-13)24-7-2-1-3-8-24/h4-5,10H,1-3,6-9,11-12H2,(H3,19,21,22,25). The van der Waals surface area contributed by atoms with Gasteiger partial charge in [-0.15, -0.1) is 0 Å². The number of hydrogen-bond donors (Lipinski definition) is 2. The molecule has 4 heterocycles. The van der Waals surface area contributed by atoms with Crippen LogP contribution in [0.1, 0.15) is 36.1 Å². The molecule has 1 saturated heterocycles. The molecule has 0 bridgehead atoms. The van der Waals surface area contributed by atoms with Gasteiger partial charge in [0.2, 0.25) is 5.95 Å². The molecule has 132 valence electrons. The van der Waals surface area contributed by atoms with Gasteiger partial charge in [0, 0.05) is 45.3 Å². The molecule has 2 aliphatic heterocycles. The van der Waals surface area contributed by atoms with Crippen LogP contribution >= 0.6 is 0 Å².